The van der Waals surface area contributed by atoms with Crippen molar-refractivity contribution in [2.24, 2.45) is 5.92 Å². The summed E-state index contributed by atoms with van der Waals surface area (Å²) in [5.41, 5.74) is 0. The fourth-order valence-electron chi connectivity index (χ4n) is 2.15. The van der Waals surface area contributed by atoms with Crippen LogP contribution in [0.4, 0.5) is 0 Å². The lowest BCUT2D eigenvalue weighted by molar-refractivity contribution is 0.174. The zero-order valence-electron chi connectivity index (χ0n) is 7.50. The van der Waals surface area contributed by atoms with E-state index in [2.05, 4.69) is 9.74 Å². The molecule has 1 saturated carbocycles. The molecule has 1 aliphatic carbocycles. The van der Waals surface area contributed by atoms with Gasteiger partial charge in [-0.1, -0.05) is 0 Å². The molecule has 0 amide bonds. The highest BCUT2D eigenvalue weighted by Gasteiger charge is 2.33. The van der Waals surface area contributed by atoms with Gasteiger partial charge in [0.2, 0.25) is 6.54 Å². The molecule has 0 aromatic carbocycles. The van der Waals surface area contributed by atoms with E-state index in [9.17, 15) is 0 Å². The minimum absolute atomic E-state index is 0.678. The van der Waals surface area contributed by atoms with Gasteiger partial charge in [-0.15, -0.1) is 0 Å². The Bertz CT molecular complexity index is 191. The lowest BCUT2D eigenvalue weighted by Crippen LogP contribution is -2.37. The number of hydrogen-bond acceptors (Lipinski definition) is 1. The van der Waals surface area contributed by atoms with E-state index in [4.69, 9.17) is 6.57 Å². The van der Waals surface area contributed by atoms with Crippen LogP contribution in [0.3, 0.4) is 0 Å². The minimum atomic E-state index is 0.678. The first-order valence-corrected chi connectivity index (χ1v) is 4.97. The molecule has 2 nitrogen and oxygen atoms in total. The van der Waals surface area contributed by atoms with Crippen LogP contribution in [0.1, 0.15) is 25.7 Å². The van der Waals surface area contributed by atoms with Gasteiger partial charge < -0.3 is 4.85 Å². The first-order chi connectivity index (χ1) is 5.90. The third-order valence-electron chi connectivity index (χ3n) is 2.96. The first-order valence-electron chi connectivity index (χ1n) is 4.97. The van der Waals surface area contributed by atoms with Crippen molar-refractivity contribution in [3.05, 3.63) is 11.4 Å². The molecule has 2 fully saturated rings. The molecule has 0 spiro atoms. The van der Waals surface area contributed by atoms with Gasteiger partial charge in [-0.05, 0) is 32.2 Å². The van der Waals surface area contributed by atoms with Crippen LogP contribution in [-0.4, -0.2) is 30.6 Å². The largest absolute Gasteiger partial charge is 0.317 e. The first kappa shape index (κ1) is 8.07. The molecular formula is C10H16N2. The monoisotopic (exact) mass is 164 g/mol. The fourth-order valence-corrected chi connectivity index (χ4v) is 2.15. The Balaban J connectivity index is 1.81. The smallest absolute Gasteiger partial charge is 0.218 e. The van der Waals surface area contributed by atoms with Crippen molar-refractivity contribution < 1.29 is 0 Å². The molecule has 1 heterocycles. The second-order valence-corrected chi connectivity index (χ2v) is 4.08. The van der Waals surface area contributed by atoms with Gasteiger partial charge >= 0.3 is 0 Å². The summed E-state index contributed by atoms with van der Waals surface area (Å²) in [6.45, 7) is 10.1. The van der Waals surface area contributed by atoms with Crippen LogP contribution in [0, 0.1) is 12.5 Å². The molecule has 2 aliphatic rings. The quantitative estimate of drug-likeness (QED) is 0.564. The van der Waals surface area contributed by atoms with Crippen LogP contribution >= 0.6 is 0 Å². The van der Waals surface area contributed by atoms with Crippen LogP contribution in [-0.2, 0) is 0 Å². The molecule has 1 aliphatic heterocycles. The normalized spacial score (nSPS) is 31.4. The molecule has 2 heteroatoms. The van der Waals surface area contributed by atoms with E-state index in [1.165, 1.54) is 38.8 Å². The maximum absolute atomic E-state index is 6.83. The number of rotatable bonds is 2. The summed E-state index contributed by atoms with van der Waals surface area (Å²) in [4.78, 5) is 6.09. The van der Waals surface area contributed by atoms with Gasteiger partial charge in [-0.3, -0.25) is 4.90 Å². The second kappa shape index (κ2) is 3.45. The van der Waals surface area contributed by atoms with Crippen molar-refractivity contribution in [3.8, 4) is 0 Å². The molecule has 0 radical (unpaired) electrons. The van der Waals surface area contributed by atoms with E-state index in [-0.39, 0.29) is 0 Å². The van der Waals surface area contributed by atoms with Crippen molar-refractivity contribution in [1.82, 2.24) is 4.90 Å². The Hall–Kier alpha value is -0.550. The van der Waals surface area contributed by atoms with E-state index in [0.29, 0.717) is 5.92 Å². The SMILES string of the molecule is [C-]#[N+]CC1CCCN(C2CC2)C1. The van der Waals surface area contributed by atoms with E-state index in [0.717, 1.165) is 12.6 Å². The number of piperidine rings is 1. The molecule has 1 unspecified atom stereocenters. The summed E-state index contributed by atoms with van der Waals surface area (Å²) in [5, 5.41) is 0. The van der Waals surface area contributed by atoms with E-state index in [1.807, 2.05) is 0 Å². The average molecular weight is 164 g/mol. The molecule has 0 aromatic heterocycles. The Kier molecular flexibility index (Phi) is 2.32. The molecular weight excluding hydrogens is 148 g/mol. The van der Waals surface area contributed by atoms with Gasteiger partial charge in [-0.25, -0.2) is 6.57 Å². The molecule has 0 aromatic rings. The van der Waals surface area contributed by atoms with Crippen molar-refractivity contribution >= 4 is 0 Å². The zero-order chi connectivity index (χ0) is 8.39. The average Bonchev–Trinajstić information content (AvgIpc) is 2.88. The summed E-state index contributed by atoms with van der Waals surface area (Å²) in [6, 6.07) is 0.901. The summed E-state index contributed by atoms with van der Waals surface area (Å²) in [7, 11) is 0. The predicted octanol–water partition coefficient (Wildman–Crippen LogP) is 1.78. The summed E-state index contributed by atoms with van der Waals surface area (Å²) in [6.07, 6.45) is 5.41. The van der Waals surface area contributed by atoms with Crippen LogP contribution in [0.2, 0.25) is 0 Å². The number of hydrogen-bond donors (Lipinski definition) is 0. The highest BCUT2D eigenvalue weighted by molar-refractivity contribution is 4.89. The second-order valence-electron chi connectivity index (χ2n) is 4.08. The Morgan fingerprint density at radius 3 is 2.83 bits per heavy atom. The molecule has 12 heavy (non-hydrogen) atoms. The topological polar surface area (TPSA) is 7.60 Å². The van der Waals surface area contributed by atoms with Gasteiger partial charge in [-0.2, -0.15) is 0 Å². The van der Waals surface area contributed by atoms with Gasteiger partial charge in [0.15, 0.2) is 0 Å². The Labute approximate surface area is 74.4 Å². The van der Waals surface area contributed by atoms with E-state index >= 15 is 0 Å². The van der Waals surface area contributed by atoms with E-state index < -0.39 is 0 Å². The van der Waals surface area contributed by atoms with Crippen LogP contribution in [0.25, 0.3) is 4.85 Å². The summed E-state index contributed by atoms with van der Waals surface area (Å²) in [5.74, 6) is 0.678. The van der Waals surface area contributed by atoms with Gasteiger partial charge in [0.05, 0.1) is 0 Å². The van der Waals surface area contributed by atoms with Crippen LogP contribution in [0.15, 0.2) is 0 Å². The fraction of sp³-hybridized carbons (Fsp3) is 0.900. The third-order valence-corrected chi connectivity index (χ3v) is 2.96. The third kappa shape index (κ3) is 1.78. The van der Waals surface area contributed by atoms with Crippen molar-refractivity contribution in [2.45, 2.75) is 31.7 Å². The standard InChI is InChI=1S/C10H16N2/c1-11-7-9-3-2-6-12(8-9)10-4-5-10/h9-10H,2-8H2. The highest BCUT2D eigenvalue weighted by atomic mass is 15.2. The van der Waals surface area contributed by atoms with Gasteiger partial charge in [0.1, 0.15) is 0 Å². The van der Waals surface area contributed by atoms with Crippen molar-refractivity contribution in [3.63, 3.8) is 0 Å². The van der Waals surface area contributed by atoms with E-state index in [1.54, 1.807) is 0 Å². The maximum Gasteiger partial charge on any atom is 0.218 e. The predicted molar refractivity (Wildman–Crippen MR) is 48.8 cm³/mol. The molecule has 1 saturated heterocycles. The van der Waals surface area contributed by atoms with Gasteiger partial charge in [0, 0.05) is 18.5 Å². The van der Waals surface area contributed by atoms with Crippen molar-refractivity contribution in [2.75, 3.05) is 19.6 Å². The summed E-state index contributed by atoms with van der Waals surface area (Å²) >= 11 is 0. The Morgan fingerprint density at radius 2 is 2.17 bits per heavy atom. The lowest BCUT2D eigenvalue weighted by atomic mass is 9.98. The molecule has 1 atom stereocenters. The molecule has 0 bridgehead atoms. The lowest BCUT2D eigenvalue weighted by Gasteiger charge is -2.30. The van der Waals surface area contributed by atoms with Crippen LogP contribution < -0.4 is 0 Å². The Morgan fingerprint density at radius 1 is 1.33 bits per heavy atom. The zero-order valence-corrected chi connectivity index (χ0v) is 7.50. The van der Waals surface area contributed by atoms with Crippen molar-refractivity contribution in [1.29, 1.82) is 0 Å². The molecule has 0 N–H and O–H groups in total. The number of nitrogens with zero attached hydrogens (tertiary/aromatic N) is 2. The summed E-state index contributed by atoms with van der Waals surface area (Å²) < 4.78 is 0. The maximum atomic E-state index is 6.83. The van der Waals surface area contributed by atoms with Crippen LogP contribution in [0.5, 0.6) is 0 Å². The number of likely N-dealkylation sites (tertiary alicyclic amines) is 1. The molecule has 66 valence electrons. The van der Waals surface area contributed by atoms with Gasteiger partial charge in [0.25, 0.3) is 0 Å². The minimum Gasteiger partial charge on any atom is -0.317 e. The highest BCUT2D eigenvalue weighted by Crippen LogP contribution is 2.30. The molecule has 2 rings (SSSR count).